The fourth-order valence-corrected chi connectivity index (χ4v) is 3.93. The van der Waals surface area contributed by atoms with Crippen LogP contribution in [-0.4, -0.2) is 15.0 Å². The van der Waals surface area contributed by atoms with Crippen molar-refractivity contribution in [1.29, 1.82) is 0 Å². The van der Waals surface area contributed by atoms with E-state index in [2.05, 4.69) is 5.32 Å². The van der Waals surface area contributed by atoms with Crippen LogP contribution in [0.25, 0.3) is 10.9 Å². The van der Waals surface area contributed by atoms with E-state index in [1.165, 1.54) is 28.8 Å². The van der Waals surface area contributed by atoms with Crippen molar-refractivity contribution in [1.82, 2.24) is 9.13 Å². The number of anilines is 1. The predicted octanol–water partition coefficient (Wildman–Crippen LogP) is 4.81. The van der Waals surface area contributed by atoms with Crippen molar-refractivity contribution in [2.24, 2.45) is 0 Å². The van der Waals surface area contributed by atoms with Gasteiger partial charge >= 0.3 is 5.69 Å². The van der Waals surface area contributed by atoms with Crippen LogP contribution in [0.3, 0.4) is 0 Å². The fourth-order valence-electron chi connectivity index (χ4n) is 3.81. The quantitative estimate of drug-likeness (QED) is 0.368. The Kier molecular flexibility index (Phi) is 7.23. The molecule has 0 spiro atoms. The van der Waals surface area contributed by atoms with E-state index < -0.39 is 5.69 Å². The molecule has 1 aromatic heterocycles. The van der Waals surface area contributed by atoms with Crippen LogP contribution in [0.1, 0.15) is 24.8 Å². The largest absolute Gasteiger partial charge is 0.331 e. The average Bonchev–Trinajstić information content (AvgIpc) is 2.84. The average molecular weight is 480 g/mol. The van der Waals surface area contributed by atoms with Crippen LogP contribution in [0.2, 0.25) is 5.02 Å². The van der Waals surface area contributed by atoms with Gasteiger partial charge in [0.15, 0.2) is 0 Å². The molecule has 3 aromatic carbocycles. The fraction of sp³-hybridized carbons (Fsp3) is 0.192. The molecule has 1 heterocycles. The molecule has 8 heteroatoms. The zero-order valence-electron chi connectivity index (χ0n) is 18.3. The Hall–Kier alpha value is -3.71. The number of hydrogen-bond donors (Lipinski definition) is 1. The van der Waals surface area contributed by atoms with Crippen molar-refractivity contribution >= 4 is 34.1 Å². The third kappa shape index (κ3) is 5.43. The molecule has 0 aliphatic carbocycles. The highest BCUT2D eigenvalue weighted by Crippen LogP contribution is 2.14. The van der Waals surface area contributed by atoms with E-state index in [0.717, 1.165) is 5.56 Å². The monoisotopic (exact) mass is 479 g/mol. The van der Waals surface area contributed by atoms with E-state index in [1.54, 1.807) is 41.0 Å². The molecule has 0 fully saturated rings. The Morgan fingerprint density at radius 1 is 0.882 bits per heavy atom. The normalized spacial score (nSPS) is 11.0. The van der Waals surface area contributed by atoms with Gasteiger partial charge < -0.3 is 5.32 Å². The molecule has 0 saturated carbocycles. The number of para-hydroxylation sites is 1. The summed E-state index contributed by atoms with van der Waals surface area (Å²) < 4.78 is 15.8. The first kappa shape index (κ1) is 23.4. The number of rotatable bonds is 8. The van der Waals surface area contributed by atoms with Gasteiger partial charge in [-0.15, -0.1) is 0 Å². The second-order valence-corrected chi connectivity index (χ2v) is 8.42. The molecular weight excluding hydrogens is 457 g/mol. The number of halogens is 2. The maximum Gasteiger partial charge on any atom is 0.331 e. The van der Waals surface area contributed by atoms with E-state index in [0.29, 0.717) is 41.0 Å². The maximum atomic E-state index is 13.3. The highest BCUT2D eigenvalue weighted by molar-refractivity contribution is 6.30. The summed E-state index contributed by atoms with van der Waals surface area (Å²) in [5, 5.41) is 3.77. The van der Waals surface area contributed by atoms with Gasteiger partial charge in [0.1, 0.15) is 5.82 Å². The number of fused-ring (bicyclic) bond motifs is 1. The van der Waals surface area contributed by atoms with E-state index >= 15 is 0 Å². The predicted molar refractivity (Wildman–Crippen MR) is 132 cm³/mol. The first-order valence-electron chi connectivity index (χ1n) is 10.9. The summed E-state index contributed by atoms with van der Waals surface area (Å²) in [6, 6.07) is 19.8. The maximum absolute atomic E-state index is 13.3. The summed E-state index contributed by atoms with van der Waals surface area (Å²) in [6.07, 6.45) is 1.19. The number of hydrogen-bond acceptors (Lipinski definition) is 3. The van der Waals surface area contributed by atoms with Crippen LogP contribution in [0.4, 0.5) is 10.1 Å². The number of carbonyl (C=O) groups excluding carboxylic acids is 1. The summed E-state index contributed by atoms with van der Waals surface area (Å²) in [6.45, 7) is 0.504. The molecular formula is C26H23ClFN3O3. The van der Waals surface area contributed by atoms with Gasteiger partial charge in [0.25, 0.3) is 5.56 Å². The summed E-state index contributed by atoms with van der Waals surface area (Å²) in [5.74, 6) is -0.585. The number of aromatic nitrogens is 2. The van der Waals surface area contributed by atoms with Gasteiger partial charge in [-0.05, 0) is 66.9 Å². The van der Waals surface area contributed by atoms with Crippen molar-refractivity contribution in [3.05, 3.63) is 110 Å². The minimum Gasteiger partial charge on any atom is -0.326 e. The topological polar surface area (TPSA) is 73.1 Å². The van der Waals surface area contributed by atoms with Gasteiger partial charge in [0.05, 0.1) is 17.4 Å². The summed E-state index contributed by atoms with van der Waals surface area (Å²) >= 11 is 5.97. The Bertz CT molecular complexity index is 1430. The molecule has 174 valence electrons. The lowest BCUT2D eigenvalue weighted by atomic mass is 10.2. The molecule has 0 aliphatic rings. The van der Waals surface area contributed by atoms with Crippen molar-refractivity contribution in [2.45, 2.75) is 32.4 Å². The zero-order valence-corrected chi connectivity index (χ0v) is 19.1. The lowest BCUT2D eigenvalue weighted by molar-refractivity contribution is -0.116. The molecule has 0 bridgehead atoms. The van der Waals surface area contributed by atoms with Crippen LogP contribution in [0.15, 0.2) is 82.4 Å². The summed E-state index contributed by atoms with van der Waals surface area (Å²) in [5.41, 5.74) is 1.24. The van der Waals surface area contributed by atoms with Crippen LogP contribution in [0.5, 0.6) is 0 Å². The first-order chi connectivity index (χ1) is 16.4. The number of nitrogens with zero attached hydrogens (tertiary/aromatic N) is 2. The Morgan fingerprint density at radius 2 is 1.59 bits per heavy atom. The third-order valence-corrected chi connectivity index (χ3v) is 5.80. The van der Waals surface area contributed by atoms with Gasteiger partial charge in [-0.3, -0.25) is 18.7 Å². The van der Waals surface area contributed by atoms with Crippen molar-refractivity contribution in [3.8, 4) is 0 Å². The van der Waals surface area contributed by atoms with E-state index in [-0.39, 0.29) is 30.2 Å². The molecule has 0 saturated heterocycles. The van der Waals surface area contributed by atoms with Crippen molar-refractivity contribution in [3.63, 3.8) is 0 Å². The molecule has 1 amide bonds. The second-order valence-electron chi connectivity index (χ2n) is 7.98. The summed E-state index contributed by atoms with van der Waals surface area (Å²) in [4.78, 5) is 38.4. The number of amides is 1. The Labute approximate surface area is 200 Å². The minimum absolute atomic E-state index is 0.201. The lowest BCUT2D eigenvalue weighted by Crippen LogP contribution is -2.40. The van der Waals surface area contributed by atoms with Crippen molar-refractivity contribution < 1.29 is 9.18 Å². The lowest BCUT2D eigenvalue weighted by Gasteiger charge is -2.14. The molecule has 1 N–H and O–H groups in total. The van der Waals surface area contributed by atoms with E-state index in [4.69, 9.17) is 11.6 Å². The number of benzene rings is 3. The van der Waals surface area contributed by atoms with Gasteiger partial charge in [0, 0.05) is 23.7 Å². The number of carbonyl (C=O) groups is 1. The van der Waals surface area contributed by atoms with Gasteiger partial charge in [0.2, 0.25) is 5.91 Å². The van der Waals surface area contributed by atoms with Crippen LogP contribution < -0.4 is 16.6 Å². The molecule has 34 heavy (non-hydrogen) atoms. The number of unbranched alkanes of at least 4 members (excludes halogenated alkanes) is 1. The number of nitrogens with one attached hydrogen (secondary N) is 1. The Morgan fingerprint density at radius 3 is 2.32 bits per heavy atom. The van der Waals surface area contributed by atoms with Crippen LogP contribution in [-0.2, 0) is 17.9 Å². The zero-order chi connectivity index (χ0) is 24.1. The molecule has 0 radical (unpaired) electrons. The molecule has 0 unspecified atom stereocenters. The van der Waals surface area contributed by atoms with Gasteiger partial charge in [-0.1, -0.05) is 35.9 Å². The third-order valence-electron chi connectivity index (χ3n) is 5.55. The van der Waals surface area contributed by atoms with Crippen LogP contribution >= 0.6 is 11.6 Å². The van der Waals surface area contributed by atoms with E-state index in [1.807, 2.05) is 12.1 Å². The molecule has 0 atom stereocenters. The highest BCUT2D eigenvalue weighted by Gasteiger charge is 2.13. The molecule has 4 aromatic rings. The van der Waals surface area contributed by atoms with Gasteiger partial charge in [-0.2, -0.15) is 0 Å². The van der Waals surface area contributed by atoms with E-state index in [9.17, 15) is 18.8 Å². The second kappa shape index (κ2) is 10.5. The molecule has 0 aliphatic heterocycles. The highest BCUT2D eigenvalue weighted by atomic mass is 35.5. The minimum atomic E-state index is -0.394. The van der Waals surface area contributed by atoms with Gasteiger partial charge in [-0.25, -0.2) is 9.18 Å². The molecule has 6 nitrogen and oxygen atoms in total. The summed E-state index contributed by atoms with van der Waals surface area (Å²) in [7, 11) is 0. The SMILES string of the molecule is O=C(CCCCn1c(=O)c2ccccc2n(Cc2ccc(Cl)cc2)c1=O)Nc1ccc(F)cc1. The van der Waals surface area contributed by atoms with Crippen molar-refractivity contribution in [2.75, 3.05) is 5.32 Å². The first-order valence-corrected chi connectivity index (χ1v) is 11.3. The molecule has 4 rings (SSSR count). The Balaban J connectivity index is 1.49. The smallest absolute Gasteiger partial charge is 0.326 e. The standard InChI is InChI=1S/C26H23ClFN3O3/c27-19-10-8-18(9-11-19)17-31-23-6-2-1-5-22(23)25(33)30(26(31)34)16-4-3-7-24(32)29-21-14-12-20(28)13-15-21/h1-2,5-6,8-15H,3-4,7,16-17H2,(H,29,32). The van der Waals surface area contributed by atoms with Crippen LogP contribution in [0, 0.1) is 5.82 Å².